The summed E-state index contributed by atoms with van der Waals surface area (Å²) >= 11 is 0. The van der Waals surface area contributed by atoms with Gasteiger partial charge in [0.2, 0.25) is 23.6 Å². The molecule has 2 aliphatic rings. The average molecular weight is 788 g/mol. The Hall–Kier alpha value is -6.20. The van der Waals surface area contributed by atoms with E-state index in [-0.39, 0.29) is 25.9 Å². The maximum Gasteiger partial charge on any atom is 0.407 e. The van der Waals surface area contributed by atoms with Crippen molar-refractivity contribution in [3.05, 3.63) is 101 Å². The Kier molecular flexibility index (Phi) is 13.4. The van der Waals surface area contributed by atoms with Crippen LogP contribution in [-0.2, 0) is 52.8 Å². The average Bonchev–Trinajstić information content (AvgIpc) is 3.89. The fraction of sp³-hybridized carbons (Fsp3) is 0.400. The van der Waals surface area contributed by atoms with E-state index in [1.807, 2.05) is 54.6 Å². The highest BCUT2D eigenvalue weighted by Gasteiger charge is 2.52. The molecule has 17 nitrogen and oxygen atoms in total. The number of para-hydroxylation sites is 1. The molecule has 2 saturated heterocycles. The Bertz CT molecular complexity index is 1810. The second-order valence-electron chi connectivity index (χ2n) is 14.0. The Morgan fingerprint density at radius 2 is 1.05 bits per heavy atom. The van der Waals surface area contributed by atoms with E-state index in [4.69, 9.17) is 11.5 Å². The highest BCUT2D eigenvalue weighted by atomic mass is 16.5. The first-order chi connectivity index (χ1) is 27.4. The molecule has 0 unspecified atom stereocenters. The number of amides is 6. The first-order valence-corrected chi connectivity index (χ1v) is 18.5. The molecule has 4 atom stereocenters. The minimum absolute atomic E-state index is 0.189. The fourth-order valence-corrected chi connectivity index (χ4v) is 7.87. The third kappa shape index (κ3) is 8.49. The van der Waals surface area contributed by atoms with Gasteiger partial charge < -0.3 is 56.5 Å². The molecule has 3 aromatic carbocycles. The van der Waals surface area contributed by atoms with Gasteiger partial charge in [-0.05, 0) is 60.1 Å². The molecular formula is C40H49N7O10. The van der Waals surface area contributed by atoms with Gasteiger partial charge in [-0.3, -0.25) is 19.2 Å². The standard InChI is InChI=1S/C40H49N7O10/c1-56-37(54)43-31(24-48)33(50)46-20-6-18-39(46,35(41)52)28-14-10-26(11-15-28)22-45(30-8-4-3-5-9-30)23-27-12-16-29(17-13-27)40(36(42)53)19-7-21-47(40)34(51)32(25-49)44-38(55)57-2/h3-5,8-17,31-32,48-49H,6-7,18-25H2,1-2H3,(H2,41,52)(H2,42,53)(H,43,54)(H,44,55)/t31-,32-,39-,40-/m0/s1. The van der Waals surface area contributed by atoms with Crippen molar-refractivity contribution in [1.82, 2.24) is 20.4 Å². The number of carbonyl (C=O) groups excluding carboxylic acids is 6. The molecule has 6 amide bonds. The van der Waals surface area contributed by atoms with Crippen molar-refractivity contribution in [2.24, 2.45) is 11.5 Å². The van der Waals surface area contributed by atoms with Crippen molar-refractivity contribution in [3.8, 4) is 0 Å². The number of methoxy groups -OCH3 is 2. The maximum atomic E-state index is 13.6. The molecule has 304 valence electrons. The van der Waals surface area contributed by atoms with E-state index >= 15 is 0 Å². The van der Waals surface area contributed by atoms with E-state index in [1.165, 1.54) is 9.80 Å². The molecule has 2 aliphatic heterocycles. The number of primary amides is 2. The number of rotatable bonds is 15. The fourth-order valence-electron chi connectivity index (χ4n) is 7.87. The normalized spacial score (nSPS) is 19.9. The number of hydrogen-bond donors (Lipinski definition) is 6. The maximum absolute atomic E-state index is 13.6. The highest BCUT2D eigenvalue weighted by molar-refractivity contribution is 5.96. The summed E-state index contributed by atoms with van der Waals surface area (Å²) in [5.74, 6) is -2.80. The molecule has 0 aromatic heterocycles. The number of benzene rings is 3. The van der Waals surface area contributed by atoms with Gasteiger partial charge in [-0.1, -0.05) is 66.7 Å². The molecule has 0 saturated carbocycles. The van der Waals surface area contributed by atoms with Crippen LogP contribution < -0.4 is 27.0 Å². The van der Waals surface area contributed by atoms with E-state index < -0.39 is 72.2 Å². The molecular weight excluding hydrogens is 738 g/mol. The Morgan fingerprint density at radius 1 is 0.667 bits per heavy atom. The van der Waals surface area contributed by atoms with Gasteiger partial charge in [0.1, 0.15) is 23.2 Å². The van der Waals surface area contributed by atoms with Crippen LogP contribution in [0.5, 0.6) is 0 Å². The smallest absolute Gasteiger partial charge is 0.407 e. The molecule has 0 radical (unpaired) electrons. The molecule has 2 fully saturated rings. The number of aliphatic hydroxyl groups excluding tert-OH is 2. The van der Waals surface area contributed by atoms with Crippen LogP contribution in [0.2, 0.25) is 0 Å². The summed E-state index contributed by atoms with van der Waals surface area (Å²) in [6, 6.07) is 21.5. The zero-order valence-corrected chi connectivity index (χ0v) is 31.9. The lowest BCUT2D eigenvalue weighted by Crippen LogP contribution is -2.59. The lowest BCUT2D eigenvalue weighted by Gasteiger charge is -2.38. The number of likely N-dealkylation sites (tertiary alicyclic amines) is 2. The minimum atomic E-state index is -1.50. The molecule has 8 N–H and O–H groups in total. The van der Waals surface area contributed by atoms with Crippen molar-refractivity contribution in [2.75, 3.05) is 45.4 Å². The number of carbonyl (C=O) groups is 6. The van der Waals surface area contributed by atoms with Crippen LogP contribution in [0.1, 0.15) is 47.9 Å². The first-order valence-electron chi connectivity index (χ1n) is 18.5. The number of alkyl carbamates (subject to hydrolysis) is 2. The largest absolute Gasteiger partial charge is 0.453 e. The van der Waals surface area contributed by atoms with Crippen LogP contribution in [0.4, 0.5) is 15.3 Å². The number of nitrogens with zero attached hydrogens (tertiary/aromatic N) is 3. The predicted molar refractivity (Wildman–Crippen MR) is 206 cm³/mol. The first kappa shape index (κ1) is 42.0. The highest BCUT2D eigenvalue weighted by Crippen LogP contribution is 2.41. The summed E-state index contributed by atoms with van der Waals surface area (Å²) in [5.41, 5.74) is 12.6. The van der Waals surface area contributed by atoms with E-state index in [2.05, 4.69) is 25.0 Å². The molecule has 2 heterocycles. The third-order valence-electron chi connectivity index (χ3n) is 10.8. The van der Waals surface area contributed by atoms with Crippen LogP contribution >= 0.6 is 0 Å². The van der Waals surface area contributed by atoms with Gasteiger partial charge in [-0.15, -0.1) is 0 Å². The van der Waals surface area contributed by atoms with E-state index in [0.717, 1.165) is 31.0 Å². The lowest BCUT2D eigenvalue weighted by atomic mass is 9.85. The van der Waals surface area contributed by atoms with Crippen molar-refractivity contribution >= 4 is 41.5 Å². The Labute approximate surface area is 329 Å². The molecule has 0 bridgehead atoms. The zero-order valence-electron chi connectivity index (χ0n) is 31.9. The Balaban J connectivity index is 1.39. The summed E-state index contributed by atoms with van der Waals surface area (Å²) in [6.45, 7) is -0.181. The van der Waals surface area contributed by atoms with Gasteiger partial charge in [0.25, 0.3) is 0 Å². The predicted octanol–water partition coefficient (Wildman–Crippen LogP) is 0.933. The Morgan fingerprint density at radius 3 is 1.39 bits per heavy atom. The minimum Gasteiger partial charge on any atom is -0.453 e. The van der Waals surface area contributed by atoms with Crippen LogP contribution in [0.25, 0.3) is 0 Å². The molecule has 3 aromatic rings. The topological polar surface area (TPSA) is 247 Å². The van der Waals surface area contributed by atoms with E-state index in [1.54, 1.807) is 24.3 Å². The van der Waals surface area contributed by atoms with Crippen LogP contribution in [0.15, 0.2) is 78.9 Å². The number of nitrogens with two attached hydrogens (primary N) is 2. The van der Waals surface area contributed by atoms with Crippen molar-refractivity contribution < 1.29 is 48.5 Å². The summed E-state index contributed by atoms with van der Waals surface area (Å²) in [4.78, 5) is 81.9. The number of hydrogen-bond acceptors (Lipinski definition) is 11. The van der Waals surface area contributed by atoms with Crippen molar-refractivity contribution in [1.29, 1.82) is 0 Å². The number of nitrogens with one attached hydrogen (secondary N) is 2. The number of ether oxygens (including phenoxy) is 2. The molecule has 0 spiro atoms. The third-order valence-corrected chi connectivity index (χ3v) is 10.8. The molecule has 57 heavy (non-hydrogen) atoms. The van der Waals surface area contributed by atoms with Gasteiger partial charge in [0.15, 0.2) is 0 Å². The summed E-state index contributed by atoms with van der Waals surface area (Å²) in [6.07, 6.45) is -0.355. The van der Waals surface area contributed by atoms with Gasteiger partial charge in [-0.25, -0.2) is 9.59 Å². The van der Waals surface area contributed by atoms with Crippen LogP contribution in [0, 0.1) is 0 Å². The van der Waals surface area contributed by atoms with Gasteiger partial charge in [0, 0.05) is 31.9 Å². The molecule has 5 rings (SSSR count). The second kappa shape index (κ2) is 18.2. The molecule has 17 heteroatoms. The van der Waals surface area contributed by atoms with Gasteiger partial charge in [-0.2, -0.15) is 0 Å². The van der Waals surface area contributed by atoms with E-state index in [0.29, 0.717) is 37.1 Å². The van der Waals surface area contributed by atoms with Gasteiger partial charge >= 0.3 is 12.2 Å². The number of anilines is 1. The van der Waals surface area contributed by atoms with Crippen LogP contribution in [0.3, 0.4) is 0 Å². The summed E-state index contributed by atoms with van der Waals surface area (Å²) < 4.78 is 9.18. The van der Waals surface area contributed by atoms with Crippen molar-refractivity contribution in [3.63, 3.8) is 0 Å². The summed E-state index contributed by atoms with van der Waals surface area (Å²) in [5, 5.41) is 24.4. The van der Waals surface area contributed by atoms with Gasteiger partial charge in [0.05, 0.1) is 27.4 Å². The second-order valence-corrected chi connectivity index (χ2v) is 14.0. The quantitative estimate of drug-likeness (QED) is 0.127. The lowest BCUT2D eigenvalue weighted by molar-refractivity contribution is -0.146. The SMILES string of the molecule is COC(=O)N[C@@H](CO)C(=O)N1CCC[C@@]1(C(N)=O)c1ccc(CN(Cc2ccc([C@]3(C(N)=O)CCCN3C(=O)[C@H](CO)NC(=O)OC)cc2)c2ccccc2)cc1. The van der Waals surface area contributed by atoms with Crippen LogP contribution in [-0.4, -0.2) is 108 Å². The van der Waals surface area contributed by atoms with E-state index in [9.17, 15) is 39.0 Å². The monoisotopic (exact) mass is 787 g/mol. The summed E-state index contributed by atoms with van der Waals surface area (Å²) in [7, 11) is 2.27. The zero-order chi connectivity index (χ0) is 41.3. The van der Waals surface area contributed by atoms with Crippen molar-refractivity contribution in [2.45, 2.75) is 61.9 Å². The molecule has 0 aliphatic carbocycles. The number of aliphatic hydroxyl groups is 2.